The quantitative estimate of drug-likeness (QED) is 0.854. The highest BCUT2D eigenvalue weighted by Crippen LogP contribution is 2.12. The summed E-state index contributed by atoms with van der Waals surface area (Å²) in [6.07, 6.45) is -0.234. The molecule has 0 aliphatic carbocycles. The molecule has 110 valence electrons. The summed E-state index contributed by atoms with van der Waals surface area (Å²) in [6, 6.07) is 5.88. The van der Waals surface area contributed by atoms with Crippen molar-refractivity contribution in [2.75, 3.05) is 32.8 Å². The van der Waals surface area contributed by atoms with Gasteiger partial charge < -0.3 is 14.6 Å². The molecule has 1 aliphatic rings. The van der Waals surface area contributed by atoms with Crippen LogP contribution in [0.4, 0.5) is 4.39 Å². The fourth-order valence-corrected chi connectivity index (χ4v) is 2.13. The maximum absolute atomic E-state index is 12.7. The molecule has 1 aromatic carbocycles. The molecule has 2 rings (SSSR count). The zero-order valence-corrected chi connectivity index (χ0v) is 11.1. The maximum atomic E-state index is 12.7. The van der Waals surface area contributed by atoms with Crippen LogP contribution in [0.25, 0.3) is 0 Å². The molecule has 5 nitrogen and oxygen atoms in total. The topological polar surface area (TPSA) is 59.0 Å². The maximum Gasteiger partial charge on any atom is 0.306 e. The van der Waals surface area contributed by atoms with Crippen LogP contribution in [0.1, 0.15) is 6.42 Å². The van der Waals surface area contributed by atoms with Gasteiger partial charge >= 0.3 is 5.97 Å². The molecule has 0 aromatic heterocycles. The molecule has 1 atom stereocenters. The number of nitrogens with zero attached hydrogens (tertiary/aromatic N) is 1. The van der Waals surface area contributed by atoms with E-state index in [1.807, 2.05) is 0 Å². The van der Waals surface area contributed by atoms with Crippen LogP contribution >= 0.6 is 0 Å². The third kappa shape index (κ3) is 4.79. The Morgan fingerprint density at radius 2 is 2.20 bits per heavy atom. The largest absolute Gasteiger partial charge is 0.492 e. The number of carboxylic acid groups (broad SMARTS) is 1. The van der Waals surface area contributed by atoms with Gasteiger partial charge in [-0.3, -0.25) is 9.69 Å². The Balaban J connectivity index is 1.70. The van der Waals surface area contributed by atoms with Crippen LogP contribution in [0.15, 0.2) is 24.3 Å². The Kier molecular flexibility index (Phi) is 5.31. The van der Waals surface area contributed by atoms with Gasteiger partial charge in [-0.05, 0) is 24.3 Å². The Hall–Kier alpha value is -1.66. The molecule has 0 amide bonds. The Morgan fingerprint density at radius 3 is 2.90 bits per heavy atom. The van der Waals surface area contributed by atoms with Crippen LogP contribution in [-0.4, -0.2) is 54.9 Å². The van der Waals surface area contributed by atoms with Crippen LogP contribution in [0.3, 0.4) is 0 Å². The first-order valence-corrected chi connectivity index (χ1v) is 6.57. The van der Waals surface area contributed by atoms with Crippen molar-refractivity contribution in [2.24, 2.45) is 0 Å². The van der Waals surface area contributed by atoms with Gasteiger partial charge in [-0.1, -0.05) is 0 Å². The zero-order valence-electron chi connectivity index (χ0n) is 11.1. The average molecular weight is 283 g/mol. The molecule has 1 aliphatic heterocycles. The molecule has 1 heterocycles. The van der Waals surface area contributed by atoms with Crippen LogP contribution < -0.4 is 4.74 Å². The first-order valence-electron chi connectivity index (χ1n) is 6.57. The summed E-state index contributed by atoms with van der Waals surface area (Å²) in [7, 11) is 0. The number of ether oxygens (including phenoxy) is 2. The standard InChI is InChI=1S/C14H18FNO4/c15-11-1-3-12(4-2-11)19-7-5-16-6-8-20-13(10-16)9-14(17)18/h1-4,13H,5-10H2,(H,17,18). The summed E-state index contributed by atoms with van der Waals surface area (Å²) < 4.78 is 23.6. The predicted octanol–water partition coefficient (Wildman–Crippen LogP) is 1.38. The third-order valence-electron chi connectivity index (χ3n) is 3.12. The molecule has 1 saturated heterocycles. The Labute approximate surface area is 116 Å². The minimum absolute atomic E-state index is 0.0231. The number of benzene rings is 1. The monoisotopic (exact) mass is 283 g/mol. The van der Waals surface area contributed by atoms with Gasteiger partial charge in [0.1, 0.15) is 18.2 Å². The molecule has 6 heteroatoms. The predicted molar refractivity (Wildman–Crippen MR) is 70.3 cm³/mol. The number of carbonyl (C=O) groups is 1. The normalized spacial score (nSPS) is 19.8. The minimum atomic E-state index is -0.848. The van der Waals surface area contributed by atoms with E-state index in [1.54, 1.807) is 12.1 Å². The molecule has 20 heavy (non-hydrogen) atoms. The minimum Gasteiger partial charge on any atom is -0.492 e. The lowest BCUT2D eigenvalue weighted by Gasteiger charge is -2.32. The number of halogens is 1. The molecular weight excluding hydrogens is 265 g/mol. The van der Waals surface area contributed by atoms with E-state index in [0.29, 0.717) is 32.1 Å². The Bertz CT molecular complexity index is 437. The van der Waals surface area contributed by atoms with Crippen molar-refractivity contribution in [3.63, 3.8) is 0 Å². The zero-order chi connectivity index (χ0) is 14.4. The molecule has 1 aromatic rings. The number of aliphatic carboxylic acids is 1. The lowest BCUT2D eigenvalue weighted by Crippen LogP contribution is -2.44. The number of hydrogen-bond donors (Lipinski definition) is 1. The smallest absolute Gasteiger partial charge is 0.306 e. The lowest BCUT2D eigenvalue weighted by molar-refractivity contribution is -0.142. The van der Waals surface area contributed by atoms with Gasteiger partial charge in [-0.15, -0.1) is 0 Å². The summed E-state index contributed by atoms with van der Waals surface area (Å²) >= 11 is 0. The van der Waals surface area contributed by atoms with Crippen molar-refractivity contribution >= 4 is 5.97 Å². The van der Waals surface area contributed by atoms with Crippen molar-refractivity contribution in [1.29, 1.82) is 0 Å². The summed E-state index contributed by atoms with van der Waals surface area (Å²) in [5.41, 5.74) is 0. The number of hydrogen-bond acceptors (Lipinski definition) is 4. The molecule has 1 unspecified atom stereocenters. The van der Waals surface area contributed by atoms with Crippen molar-refractivity contribution in [2.45, 2.75) is 12.5 Å². The highest BCUT2D eigenvalue weighted by Gasteiger charge is 2.22. The van der Waals surface area contributed by atoms with E-state index in [2.05, 4.69) is 4.90 Å². The number of rotatable bonds is 6. The van der Waals surface area contributed by atoms with Crippen LogP contribution in [0.5, 0.6) is 5.75 Å². The highest BCUT2D eigenvalue weighted by molar-refractivity contribution is 5.67. The van der Waals surface area contributed by atoms with E-state index >= 15 is 0 Å². The van der Waals surface area contributed by atoms with Crippen LogP contribution in [0, 0.1) is 5.82 Å². The van der Waals surface area contributed by atoms with Gasteiger partial charge in [0.25, 0.3) is 0 Å². The van der Waals surface area contributed by atoms with E-state index < -0.39 is 5.97 Å². The van der Waals surface area contributed by atoms with Gasteiger partial charge in [0.2, 0.25) is 0 Å². The fraction of sp³-hybridized carbons (Fsp3) is 0.500. The van der Waals surface area contributed by atoms with Crippen LogP contribution in [0.2, 0.25) is 0 Å². The first-order chi connectivity index (χ1) is 9.63. The lowest BCUT2D eigenvalue weighted by atomic mass is 10.2. The van der Waals surface area contributed by atoms with Gasteiger partial charge in [0.05, 0.1) is 19.1 Å². The molecular formula is C14H18FNO4. The van der Waals surface area contributed by atoms with E-state index in [0.717, 1.165) is 6.54 Å². The number of carboxylic acids is 1. The molecule has 0 radical (unpaired) electrons. The second-order valence-corrected chi connectivity index (χ2v) is 4.69. The summed E-state index contributed by atoms with van der Waals surface area (Å²) in [6.45, 7) is 3.07. The molecule has 0 spiro atoms. The van der Waals surface area contributed by atoms with Gasteiger partial charge in [-0.25, -0.2) is 4.39 Å². The summed E-state index contributed by atoms with van der Waals surface area (Å²) in [4.78, 5) is 12.8. The van der Waals surface area contributed by atoms with Crippen LogP contribution in [-0.2, 0) is 9.53 Å². The summed E-state index contributed by atoms with van der Waals surface area (Å²) in [5, 5.41) is 8.75. The second kappa shape index (κ2) is 7.21. The third-order valence-corrected chi connectivity index (χ3v) is 3.12. The van der Waals surface area contributed by atoms with Crippen molar-refractivity contribution in [1.82, 2.24) is 4.90 Å². The van der Waals surface area contributed by atoms with E-state index in [-0.39, 0.29) is 18.3 Å². The average Bonchev–Trinajstić information content (AvgIpc) is 2.41. The van der Waals surface area contributed by atoms with Crippen molar-refractivity contribution < 1.29 is 23.8 Å². The van der Waals surface area contributed by atoms with Gasteiger partial charge in [-0.2, -0.15) is 0 Å². The van der Waals surface area contributed by atoms with Gasteiger partial charge in [0, 0.05) is 19.6 Å². The van der Waals surface area contributed by atoms with Crippen molar-refractivity contribution in [3.05, 3.63) is 30.1 Å². The molecule has 1 N–H and O–H groups in total. The molecule has 1 fully saturated rings. The van der Waals surface area contributed by atoms with Crippen molar-refractivity contribution in [3.8, 4) is 5.75 Å². The highest BCUT2D eigenvalue weighted by atomic mass is 19.1. The molecule has 0 bridgehead atoms. The second-order valence-electron chi connectivity index (χ2n) is 4.69. The SMILES string of the molecule is O=C(O)CC1CN(CCOc2ccc(F)cc2)CCO1. The first kappa shape index (κ1) is 14.7. The summed E-state index contributed by atoms with van der Waals surface area (Å²) in [5.74, 6) is -0.511. The van der Waals surface area contributed by atoms with E-state index in [1.165, 1.54) is 12.1 Å². The number of morpholine rings is 1. The van der Waals surface area contributed by atoms with Gasteiger partial charge in [0.15, 0.2) is 0 Å². The van der Waals surface area contributed by atoms with E-state index in [4.69, 9.17) is 14.6 Å². The van der Waals surface area contributed by atoms with E-state index in [9.17, 15) is 9.18 Å². The Morgan fingerprint density at radius 1 is 1.45 bits per heavy atom. The fourth-order valence-electron chi connectivity index (χ4n) is 2.13. The molecule has 0 saturated carbocycles.